The molecule has 0 bridgehead atoms. The third kappa shape index (κ3) is 3.62. The molecule has 1 saturated heterocycles. The Kier molecular flexibility index (Phi) is 6.05. The summed E-state index contributed by atoms with van der Waals surface area (Å²) < 4.78 is 8.66. The number of nitrogens with zero attached hydrogens (tertiary/aromatic N) is 3. The van der Waals surface area contributed by atoms with Crippen molar-refractivity contribution in [3.05, 3.63) is 15.9 Å². The second kappa shape index (κ2) is 7.57. The summed E-state index contributed by atoms with van der Waals surface area (Å²) in [5.74, 6) is 0.677. The van der Waals surface area contributed by atoms with Gasteiger partial charge in [-0.3, -0.25) is 9.58 Å². The Hall–Kier alpha value is -0.390. The van der Waals surface area contributed by atoms with Gasteiger partial charge in [-0.15, -0.1) is 0 Å². The first kappa shape index (κ1) is 16.0. The Labute approximate surface area is 130 Å². The maximum atomic E-state index is 5.32. The molecule has 0 amide bonds. The van der Waals surface area contributed by atoms with Crippen LogP contribution in [0.25, 0.3) is 0 Å². The highest BCUT2D eigenvalue weighted by Crippen LogP contribution is 2.26. The van der Waals surface area contributed by atoms with Gasteiger partial charge in [0.15, 0.2) is 0 Å². The predicted octanol–water partition coefficient (Wildman–Crippen LogP) is 3.09. The van der Waals surface area contributed by atoms with E-state index in [1.165, 1.54) is 35.2 Å². The lowest BCUT2D eigenvalue weighted by Gasteiger charge is -2.32. The molecule has 0 radical (unpaired) electrons. The van der Waals surface area contributed by atoms with Gasteiger partial charge in [0.1, 0.15) is 0 Å². The number of methoxy groups -OCH3 is 1. The van der Waals surface area contributed by atoms with Gasteiger partial charge in [0.25, 0.3) is 0 Å². The number of ether oxygens (including phenoxy) is 1. The van der Waals surface area contributed by atoms with Gasteiger partial charge in [-0.2, -0.15) is 5.10 Å². The van der Waals surface area contributed by atoms with Crippen molar-refractivity contribution in [2.75, 3.05) is 26.8 Å². The van der Waals surface area contributed by atoms with Crippen LogP contribution in [0, 0.1) is 5.92 Å². The monoisotopic (exact) mass is 343 g/mol. The minimum Gasteiger partial charge on any atom is -0.384 e. The van der Waals surface area contributed by atoms with E-state index in [9.17, 15) is 0 Å². The molecule has 0 aromatic carbocycles. The average Bonchev–Trinajstić information content (AvgIpc) is 2.76. The SMILES string of the molecule is CCc1nn(CC)c(CN2CCCC(COC)C2)c1Br. The summed E-state index contributed by atoms with van der Waals surface area (Å²) in [6.45, 7) is 9.44. The predicted molar refractivity (Wildman–Crippen MR) is 84.9 cm³/mol. The van der Waals surface area contributed by atoms with Crippen LogP contribution in [0.2, 0.25) is 0 Å². The fraction of sp³-hybridized carbons (Fsp3) is 0.800. The summed E-state index contributed by atoms with van der Waals surface area (Å²) in [5, 5.41) is 4.69. The third-order valence-electron chi connectivity index (χ3n) is 4.07. The normalized spacial score (nSPS) is 20.5. The van der Waals surface area contributed by atoms with Crippen LogP contribution in [0.15, 0.2) is 4.47 Å². The van der Waals surface area contributed by atoms with Crippen LogP contribution in [0.1, 0.15) is 38.1 Å². The summed E-state index contributed by atoms with van der Waals surface area (Å²) >= 11 is 3.74. The molecule has 0 spiro atoms. The molecule has 1 aromatic heterocycles. The first-order chi connectivity index (χ1) is 9.69. The Morgan fingerprint density at radius 2 is 2.20 bits per heavy atom. The molecule has 1 aliphatic rings. The lowest BCUT2D eigenvalue weighted by molar-refractivity contribution is 0.0860. The van der Waals surface area contributed by atoms with E-state index in [4.69, 9.17) is 4.74 Å². The summed E-state index contributed by atoms with van der Waals surface area (Å²) in [4.78, 5) is 2.54. The van der Waals surface area contributed by atoms with Gasteiger partial charge < -0.3 is 4.74 Å². The zero-order chi connectivity index (χ0) is 14.5. The van der Waals surface area contributed by atoms with Crippen LogP contribution >= 0.6 is 15.9 Å². The van der Waals surface area contributed by atoms with Gasteiger partial charge in [-0.1, -0.05) is 6.92 Å². The van der Waals surface area contributed by atoms with E-state index in [1.807, 2.05) is 0 Å². The van der Waals surface area contributed by atoms with Crippen LogP contribution in [-0.4, -0.2) is 41.5 Å². The van der Waals surface area contributed by atoms with Crippen LogP contribution < -0.4 is 0 Å². The minimum atomic E-state index is 0.677. The first-order valence-corrected chi connectivity index (χ1v) is 8.44. The summed E-state index contributed by atoms with van der Waals surface area (Å²) in [5.41, 5.74) is 2.50. The molecule has 1 aliphatic heterocycles. The molecule has 1 fully saturated rings. The number of likely N-dealkylation sites (tertiary alicyclic amines) is 1. The Morgan fingerprint density at radius 3 is 2.85 bits per heavy atom. The zero-order valence-electron chi connectivity index (χ0n) is 12.9. The fourth-order valence-corrected chi connectivity index (χ4v) is 3.74. The summed E-state index contributed by atoms with van der Waals surface area (Å²) in [6.07, 6.45) is 3.54. The van der Waals surface area contributed by atoms with E-state index in [1.54, 1.807) is 7.11 Å². The number of hydrogen-bond acceptors (Lipinski definition) is 3. The molecule has 1 atom stereocenters. The molecule has 4 nitrogen and oxygen atoms in total. The van der Waals surface area contributed by atoms with Crippen molar-refractivity contribution in [2.24, 2.45) is 5.92 Å². The van der Waals surface area contributed by atoms with Crippen molar-refractivity contribution in [1.82, 2.24) is 14.7 Å². The Balaban J connectivity index is 2.07. The van der Waals surface area contributed by atoms with Crippen LogP contribution in [0.4, 0.5) is 0 Å². The van der Waals surface area contributed by atoms with Crippen molar-refractivity contribution in [3.8, 4) is 0 Å². The molecular weight excluding hydrogens is 318 g/mol. The lowest BCUT2D eigenvalue weighted by Crippen LogP contribution is -2.37. The van der Waals surface area contributed by atoms with Crippen molar-refractivity contribution >= 4 is 15.9 Å². The first-order valence-electron chi connectivity index (χ1n) is 7.64. The van der Waals surface area contributed by atoms with Crippen LogP contribution in [0.3, 0.4) is 0 Å². The van der Waals surface area contributed by atoms with Gasteiger partial charge >= 0.3 is 0 Å². The van der Waals surface area contributed by atoms with Crippen molar-refractivity contribution in [1.29, 1.82) is 0 Å². The van der Waals surface area contributed by atoms with Crippen molar-refractivity contribution < 1.29 is 4.74 Å². The maximum Gasteiger partial charge on any atom is 0.0767 e. The second-order valence-electron chi connectivity index (χ2n) is 5.58. The number of hydrogen-bond donors (Lipinski definition) is 0. The molecule has 1 aromatic rings. The number of piperidine rings is 1. The van der Waals surface area contributed by atoms with E-state index in [0.29, 0.717) is 5.92 Å². The van der Waals surface area contributed by atoms with Gasteiger partial charge in [0, 0.05) is 26.7 Å². The standard InChI is InChI=1S/C15H26BrN3O/c1-4-13-15(16)14(19(5-2)17-13)10-18-8-6-7-12(9-18)11-20-3/h12H,4-11H2,1-3H3. The van der Waals surface area contributed by atoms with Crippen molar-refractivity contribution in [3.63, 3.8) is 0 Å². The Bertz CT molecular complexity index is 431. The summed E-state index contributed by atoms with van der Waals surface area (Å²) in [6, 6.07) is 0. The molecule has 2 rings (SSSR count). The van der Waals surface area contributed by atoms with Gasteiger partial charge in [-0.25, -0.2) is 0 Å². The van der Waals surface area contributed by atoms with Gasteiger partial charge in [0.05, 0.1) is 22.5 Å². The van der Waals surface area contributed by atoms with Crippen LogP contribution in [-0.2, 0) is 24.2 Å². The van der Waals surface area contributed by atoms with E-state index >= 15 is 0 Å². The zero-order valence-corrected chi connectivity index (χ0v) is 14.4. The highest BCUT2D eigenvalue weighted by atomic mass is 79.9. The lowest BCUT2D eigenvalue weighted by atomic mass is 9.99. The molecule has 1 unspecified atom stereocenters. The smallest absolute Gasteiger partial charge is 0.0767 e. The summed E-state index contributed by atoms with van der Waals surface area (Å²) in [7, 11) is 1.80. The van der Waals surface area contributed by atoms with E-state index in [-0.39, 0.29) is 0 Å². The topological polar surface area (TPSA) is 30.3 Å². The average molecular weight is 344 g/mol. The molecule has 0 aliphatic carbocycles. The number of aryl methyl sites for hydroxylation is 2. The minimum absolute atomic E-state index is 0.677. The highest BCUT2D eigenvalue weighted by Gasteiger charge is 2.23. The molecule has 0 saturated carbocycles. The quantitative estimate of drug-likeness (QED) is 0.795. The number of rotatable bonds is 6. The fourth-order valence-electron chi connectivity index (χ4n) is 3.05. The highest BCUT2D eigenvalue weighted by molar-refractivity contribution is 9.10. The van der Waals surface area contributed by atoms with Gasteiger partial charge in [-0.05, 0) is 54.6 Å². The van der Waals surface area contributed by atoms with Gasteiger partial charge in [0.2, 0.25) is 0 Å². The third-order valence-corrected chi connectivity index (χ3v) is 4.99. The van der Waals surface area contributed by atoms with Crippen molar-refractivity contribution in [2.45, 2.75) is 46.2 Å². The molecule has 20 heavy (non-hydrogen) atoms. The molecule has 114 valence electrons. The van der Waals surface area contributed by atoms with E-state index in [2.05, 4.69) is 44.5 Å². The Morgan fingerprint density at radius 1 is 1.40 bits per heavy atom. The molecule has 0 N–H and O–H groups in total. The maximum absolute atomic E-state index is 5.32. The molecule has 2 heterocycles. The second-order valence-corrected chi connectivity index (χ2v) is 6.37. The number of aromatic nitrogens is 2. The molecule has 5 heteroatoms. The number of halogens is 1. The molecular formula is C15H26BrN3O. The van der Waals surface area contributed by atoms with Crippen LogP contribution in [0.5, 0.6) is 0 Å². The van der Waals surface area contributed by atoms with E-state index < -0.39 is 0 Å². The van der Waals surface area contributed by atoms with E-state index in [0.717, 1.165) is 32.7 Å². The largest absolute Gasteiger partial charge is 0.384 e.